The first-order chi connectivity index (χ1) is 22.0. The fourth-order valence-electron chi connectivity index (χ4n) is 5.34. The molecule has 2 amide bonds. The second-order valence-electron chi connectivity index (χ2n) is 11.3. The van der Waals surface area contributed by atoms with Crippen molar-refractivity contribution in [1.82, 2.24) is 4.90 Å². The fourth-order valence-corrected chi connectivity index (χ4v) is 6.42. The number of fused-ring (bicyclic) bond motifs is 1. The summed E-state index contributed by atoms with van der Waals surface area (Å²) in [6.45, 7) is 3.29. The summed E-state index contributed by atoms with van der Waals surface area (Å²) in [6.07, 6.45) is -7.60. The first kappa shape index (κ1) is 34.9. The molecule has 248 valence electrons. The van der Waals surface area contributed by atoms with Gasteiger partial charge in [0, 0.05) is 51.8 Å². The largest absolute Gasteiger partial charge is 0.461 e. The van der Waals surface area contributed by atoms with Gasteiger partial charge in [-0.3, -0.25) is 9.69 Å². The SMILES string of the molecule is CC(C)C(C(=O)N(C)c1ccccc1)N(C)C(=O)OCc1ccc(OC2O[C@H](CCO)[C@H](O)[C@H](O)[C@H]2O)c2cc(CN=[N+]=[N-])sc12. The van der Waals surface area contributed by atoms with E-state index in [0.29, 0.717) is 26.2 Å². The lowest BCUT2D eigenvalue weighted by atomic mass is 9.97. The molecule has 1 fully saturated rings. The number of amides is 2. The third kappa shape index (κ3) is 7.70. The zero-order valence-corrected chi connectivity index (χ0v) is 26.8. The molecule has 15 heteroatoms. The lowest BCUT2D eigenvalue weighted by Gasteiger charge is -2.40. The molecule has 0 radical (unpaired) electrons. The number of hydrogen-bond acceptors (Lipinski definition) is 11. The highest BCUT2D eigenvalue weighted by Gasteiger charge is 2.45. The number of ether oxygens (including phenoxy) is 3. The normalized spacial score (nSPS) is 21.8. The number of azide groups is 1. The van der Waals surface area contributed by atoms with E-state index in [-0.39, 0.29) is 43.8 Å². The van der Waals surface area contributed by atoms with E-state index >= 15 is 0 Å². The summed E-state index contributed by atoms with van der Waals surface area (Å²) in [5.41, 5.74) is 10.1. The molecule has 4 N–H and O–H groups in total. The fraction of sp³-hybridized carbons (Fsp3) is 0.484. The Hall–Kier alpha value is -3.95. The molecule has 6 atom stereocenters. The molecule has 1 aliphatic heterocycles. The average Bonchev–Trinajstić information content (AvgIpc) is 3.49. The highest BCUT2D eigenvalue weighted by Crippen LogP contribution is 2.38. The van der Waals surface area contributed by atoms with Gasteiger partial charge in [-0.05, 0) is 42.1 Å². The van der Waals surface area contributed by atoms with Crippen molar-refractivity contribution < 1.29 is 44.2 Å². The minimum absolute atomic E-state index is 0.0134. The Morgan fingerprint density at radius 3 is 2.46 bits per heavy atom. The molecular weight excluding hydrogens is 618 g/mol. The molecule has 0 spiro atoms. The molecule has 0 saturated carbocycles. The van der Waals surface area contributed by atoms with Gasteiger partial charge in [-0.1, -0.05) is 43.2 Å². The maximum atomic E-state index is 13.4. The van der Waals surface area contributed by atoms with Crippen LogP contribution in [0.1, 0.15) is 30.7 Å². The molecule has 2 heterocycles. The van der Waals surface area contributed by atoms with Gasteiger partial charge in [-0.15, -0.1) is 11.3 Å². The molecule has 2 aromatic carbocycles. The summed E-state index contributed by atoms with van der Waals surface area (Å²) in [4.78, 5) is 33.0. The summed E-state index contributed by atoms with van der Waals surface area (Å²) in [5.74, 6) is -0.222. The number of aliphatic hydroxyl groups is 4. The number of hydrogen-bond donors (Lipinski definition) is 4. The molecular formula is C31H39N5O9S. The number of aliphatic hydroxyl groups excluding tert-OH is 4. The first-order valence-electron chi connectivity index (χ1n) is 14.7. The van der Waals surface area contributed by atoms with E-state index in [4.69, 9.17) is 19.7 Å². The van der Waals surface area contributed by atoms with Crippen LogP contribution in [-0.2, 0) is 27.4 Å². The van der Waals surface area contributed by atoms with Crippen molar-refractivity contribution in [1.29, 1.82) is 0 Å². The molecule has 1 saturated heterocycles. The molecule has 0 aliphatic carbocycles. The highest BCUT2D eigenvalue weighted by molar-refractivity contribution is 7.19. The number of carbonyl (C=O) groups is 2. The van der Waals surface area contributed by atoms with E-state index in [1.165, 1.54) is 28.2 Å². The van der Waals surface area contributed by atoms with E-state index in [1.54, 1.807) is 25.2 Å². The van der Waals surface area contributed by atoms with Gasteiger partial charge in [0.1, 0.15) is 36.7 Å². The predicted molar refractivity (Wildman–Crippen MR) is 170 cm³/mol. The summed E-state index contributed by atoms with van der Waals surface area (Å²) >= 11 is 1.29. The van der Waals surface area contributed by atoms with Crippen LogP contribution in [0.3, 0.4) is 0 Å². The zero-order chi connectivity index (χ0) is 33.5. The molecule has 0 bridgehead atoms. The van der Waals surface area contributed by atoms with E-state index in [2.05, 4.69) is 10.0 Å². The van der Waals surface area contributed by atoms with Crippen LogP contribution in [-0.4, -0.2) is 94.8 Å². The van der Waals surface area contributed by atoms with Gasteiger partial charge in [0.25, 0.3) is 0 Å². The minimum Gasteiger partial charge on any atom is -0.461 e. The number of likely N-dealkylation sites (N-methyl/N-ethyl adjacent to an activating group) is 2. The number of benzene rings is 2. The van der Waals surface area contributed by atoms with Crippen LogP contribution in [0.25, 0.3) is 20.5 Å². The molecule has 46 heavy (non-hydrogen) atoms. The number of anilines is 1. The number of nitrogens with zero attached hydrogens (tertiary/aromatic N) is 5. The van der Waals surface area contributed by atoms with Crippen molar-refractivity contribution in [2.75, 3.05) is 25.6 Å². The Morgan fingerprint density at radius 1 is 1.09 bits per heavy atom. The molecule has 1 aromatic heterocycles. The Labute approximate surface area is 270 Å². The van der Waals surface area contributed by atoms with Crippen LogP contribution in [0.2, 0.25) is 0 Å². The Balaban J connectivity index is 1.55. The van der Waals surface area contributed by atoms with E-state index in [1.807, 2.05) is 44.2 Å². The number of rotatable bonds is 12. The Bertz CT molecular complexity index is 1550. The van der Waals surface area contributed by atoms with Crippen LogP contribution in [0.4, 0.5) is 10.5 Å². The van der Waals surface area contributed by atoms with Gasteiger partial charge in [-0.25, -0.2) is 4.79 Å². The van der Waals surface area contributed by atoms with Gasteiger partial charge in [0.15, 0.2) is 0 Å². The summed E-state index contributed by atoms with van der Waals surface area (Å²) in [6, 6.07) is 13.3. The van der Waals surface area contributed by atoms with Crippen molar-refractivity contribution in [2.45, 2.75) is 70.2 Å². The van der Waals surface area contributed by atoms with Crippen molar-refractivity contribution >= 4 is 39.1 Å². The van der Waals surface area contributed by atoms with Crippen LogP contribution in [0, 0.1) is 5.92 Å². The Kier molecular flexibility index (Phi) is 11.8. The number of thiophene rings is 1. The second-order valence-corrected chi connectivity index (χ2v) is 12.4. The van der Waals surface area contributed by atoms with Crippen LogP contribution in [0.5, 0.6) is 5.75 Å². The van der Waals surface area contributed by atoms with Gasteiger partial charge in [0.05, 0.1) is 12.6 Å². The second kappa shape index (κ2) is 15.6. The zero-order valence-electron chi connectivity index (χ0n) is 26.0. The monoisotopic (exact) mass is 657 g/mol. The molecule has 14 nitrogen and oxygen atoms in total. The van der Waals surface area contributed by atoms with E-state index < -0.39 is 42.8 Å². The van der Waals surface area contributed by atoms with Crippen LogP contribution < -0.4 is 9.64 Å². The van der Waals surface area contributed by atoms with E-state index in [0.717, 1.165) is 0 Å². The summed E-state index contributed by atoms with van der Waals surface area (Å²) < 4.78 is 18.0. The van der Waals surface area contributed by atoms with Crippen LogP contribution in [0.15, 0.2) is 53.6 Å². The quantitative estimate of drug-likeness (QED) is 0.128. The van der Waals surface area contributed by atoms with Gasteiger partial charge in [0.2, 0.25) is 12.2 Å². The van der Waals surface area contributed by atoms with Crippen molar-refractivity contribution in [3.05, 3.63) is 69.4 Å². The smallest absolute Gasteiger partial charge is 0.410 e. The molecule has 4 rings (SSSR count). The van der Waals surface area contributed by atoms with Gasteiger partial charge >= 0.3 is 6.09 Å². The molecule has 3 aromatic rings. The van der Waals surface area contributed by atoms with E-state index in [9.17, 15) is 30.0 Å². The van der Waals surface area contributed by atoms with Crippen LogP contribution >= 0.6 is 11.3 Å². The predicted octanol–water partition coefficient (Wildman–Crippen LogP) is 3.54. The lowest BCUT2D eigenvalue weighted by Crippen LogP contribution is -2.59. The maximum Gasteiger partial charge on any atom is 0.410 e. The minimum atomic E-state index is -1.59. The number of carbonyl (C=O) groups excluding carboxylic acids is 2. The van der Waals surface area contributed by atoms with Gasteiger partial charge in [-0.2, -0.15) is 0 Å². The molecule has 2 unspecified atom stereocenters. The lowest BCUT2D eigenvalue weighted by molar-refractivity contribution is -0.273. The average molecular weight is 658 g/mol. The first-order valence-corrected chi connectivity index (χ1v) is 15.5. The maximum absolute atomic E-state index is 13.4. The highest BCUT2D eigenvalue weighted by atomic mass is 32.1. The Morgan fingerprint density at radius 2 is 1.80 bits per heavy atom. The van der Waals surface area contributed by atoms with Gasteiger partial charge < -0.3 is 39.5 Å². The summed E-state index contributed by atoms with van der Waals surface area (Å²) in [7, 11) is 3.18. The summed E-state index contributed by atoms with van der Waals surface area (Å²) in [5, 5.41) is 44.6. The third-order valence-electron chi connectivity index (χ3n) is 7.81. The van der Waals surface area contributed by atoms with Crippen molar-refractivity contribution in [3.8, 4) is 5.75 Å². The number of para-hydroxylation sites is 1. The molecule has 1 aliphatic rings. The van der Waals surface area contributed by atoms with Crippen molar-refractivity contribution in [3.63, 3.8) is 0 Å². The standard InChI is InChI=1S/C31H39N5O9S/c1-17(2)24(29(41)35(3)19-8-6-5-7-9-19)36(4)31(42)43-16-18-10-11-22(21-14-20(15-33-34-32)46-28(18)21)44-30-27(40)26(39)25(38)23(45-30)12-13-37/h5-11,14,17,23-27,30,37-40H,12-13,15-16H2,1-4H3/t23-,24?,25+,26+,27-,30?/m1/s1. The third-order valence-corrected chi connectivity index (χ3v) is 9.00. The topological polar surface area (TPSA) is 198 Å². The van der Waals surface area contributed by atoms with Crippen molar-refractivity contribution in [2.24, 2.45) is 11.0 Å².